The molecular formula is C20H19Cl2N3O3. The van der Waals surface area contributed by atoms with E-state index < -0.39 is 5.91 Å². The van der Waals surface area contributed by atoms with Crippen LogP contribution in [0.2, 0.25) is 10.0 Å². The highest BCUT2D eigenvalue weighted by molar-refractivity contribution is 6.42. The van der Waals surface area contributed by atoms with Gasteiger partial charge in [0, 0.05) is 37.3 Å². The second kappa shape index (κ2) is 9.08. The Hall–Kier alpha value is -2.57. The van der Waals surface area contributed by atoms with Crippen LogP contribution in [0.15, 0.2) is 48.5 Å². The molecule has 1 N–H and O–H groups in total. The van der Waals surface area contributed by atoms with Crippen LogP contribution >= 0.6 is 23.2 Å². The zero-order chi connectivity index (χ0) is 20.1. The van der Waals surface area contributed by atoms with Crippen LogP contribution in [-0.2, 0) is 4.79 Å². The summed E-state index contributed by atoms with van der Waals surface area (Å²) in [7, 11) is 0. The molecule has 8 heteroatoms. The van der Waals surface area contributed by atoms with E-state index in [-0.39, 0.29) is 23.4 Å². The number of hydrogen-bond donors (Lipinski definition) is 1. The molecule has 6 nitrogen and oxygen atoms in total. The van der Waals surface area contributed by atoms with Gasteiger partial charge in [-0.05, 0) is 30.3 Å². The number of benzene rings is 2. The fraction of sp³-hybridized carbons (Fsp3) is 0.250. The number of carbonyl (C=O) groups is 3. The third kappa shape index (κ3) is 4.82. The normalized spacial score (nSPS) is 13.9. The topological polar surface area (TPSA) is 69.7 Å². The van der Waals surface area contributed by atoms with Gasteiger partial charge < -0.3 is 15.1 Å². The fourth-order valence-electron chi connectivity index (χ4n) is 2.93. The molecule has 1 aliphatic heterocycles. The van der Waals surface area contributed by atoms with Gasteiger partial charge in [0.1, 0.15) is 0 Å². The molecule has 2 aromatic carbocycles. The molecule has 0 spiro atoms. The summed E-state index contributed by atoms with van der Waals surface area (Å²) in [5, 5.41) is 3.23. The highest BCUT2D eigenvalue weighted by Gasteiger charge is 2.25. The maximum absolute atomic E-state index is 12.4. The molecule has 0 bridgehead atoms. The van der Waals surface area contributed by atoms with E-state index in [1.165, 1.54) is 12.1 Å². The molecule has 1 aliphatic rings. The second-order valence-electron chi connectivity index (χ2n) is 6.35. The molecule has 1 heterocycles. The predicted octanol–water partition coefficient (Wildman–Crippen LogP) is 2.71. The lowest BCUT2D eigenvalue weighted by Gasteiger charge is -2.34. The van der Waals surface area contributed by atoms with E-state index in [1.807, 2.05) is 18.2 Å². The minimum absolute atomic E-state index is 0.0411. The first kappa shape index (κ1) is 20.2. The monoisotopic (exact) mass is 419 g/mol. The van der Waals surface area contributed by atoms with Gasteiger partial charge in [-0.25, -0.2) is 0 Å². The number of nitrogens with zero attached hydrogens (tertiary/aromatic N) is 2. The van der Waals surface area contributed by atoms with E-state index in [9.17, 15) is 14.4 Å². The lowest BCUT2D eigenvalue weighted by atomic mass is 10.2. The van der Waals surface area contributed by atoms with E-state index in [4.69, 9.17) is 23.2 Å². The van der Waals surface area contributed by atoms with Gasteiger partial charge >= 0.3 is 0 Å². The van der Waals surface area contributed by atoms with Crippen molar-refractivity contribution in [3.63, 3.8) is 0 Å². The molecule has 1 fully saturated rings. The van der Waals surface area contributed by atoms with Crippen molar-refractivity contribution < 1.29 is 14.4 Å². The van der Waals surface area contributed by atoms with E-state index in [1.54, 1.807) is 28.0 Å². The maximum atomic E-state index is 12.4. The molecule has 0 radical (unpaired) electrons. The van der Waals surface area contributed by atoms with Crippen molar-refractivity contribution in [1.29, 1.82) is 0 Å². The van der Waals surface area contributed by atoms with E-state index in [2.05, 4.69) is 5.32 Å². The van der Waals surface area contributed by atoms with Crippen LogP contribution in [0.4, 0.5) is 0 Å². The standard InChI is InChI=1S/C20H19Cl2N3O3/c21-16-7-6-15(12-17(16)22)19(27)23-13-18(26)24-8-10-25(11-9-24)20(28)14-4-2-1-3-5-14/h1-7,12H,8-11,13H2,(H,23,27). The number of nitrogens with one attached hydrogen (secondary N) is 1. The minimum atomic E-state index is -0.398. The Bertz CT molecular complexity index is 882. The van der Waals surface area contributed by atoms with Gasteiger partial charge in [0.25, 0.3) is 11.8 Å². The summed E-state index contributed by atoms with van der Waals surface area (Å²) in [6.45, 7) is 1.66. The van der Waals surface area contributed by atoms with Gasteiger partial charge in [-0.3, -0.25) is 14.4 Å². The smallest absolute Gasteiger partial charge is 0.253 e. The van der Waals surface area contributed by atoms with Gasteiger partial charge in [-0.1, -0.05) is 41.4 Å². The molecule has 0 aliphatic carbocycles. The molecule has 28 heavy (non-hydrogen) atoms. The van der Waals surface area contributed by atoms with Crippen LogP contribution in [0, 0.1) is 0 Å². The van der Waals surface area contributed by atoms with Gasteiger partial charge in [0.05, 0.1) is 16.6 Å². The summed E-state index contributed by atoms with van der Waals surface area (Å²) in [6.07, 6.45) is 0. The molecule has 0 atom stereocenters. The van der Waals surface area contributed by atoms with E-state index in [0.717, 1.165) is 0 Å². The second-order valence-corrected chi connectivity index (χ2v) is 7.16. The summed E-state index contributed by atoms with van der Waals surface area (Å²) in [5.74, 6) is -0.634. The molecule has 0 aromatic heterocycles. The number of hydrogen-bond acceptors (Lipinski definition) is 3. The molecule has 1 saturated heterocycles. The van der Waals surface area contributed by atoms with Gasteiger partial charge in [0.2, 0.25) is 5.91 Å². The molecule has 0 unspecified atom stereocenters. The van der Waals surface area contributed by atoms with Gasteiger partial charge in [-0.2, -0.15) is 0 Å². The third-order valence-electron chi connectivity index (χ3n) is 4.52. The predicted molar refractivity (Wildman–Crippen MR) is 108 cm³/mol. The van der Waals surface area contributed by atoms with Crippen molar-refractivity contribution in [1.82, 2.24) is 15.1 Å². The first-order valence-corrected chi connectivity index (χ1v) is 9.56. The molecule has 2 aromatic rings. The van der Waals surface area contributed by atoms with Crippen LogP contribution in [-0.4, -0.2) is 60.2 Å². The summed E-state index contributed by atoms with van der Waals surface area (Å²) >= 11 is 11.7. The maximum Gasteiger partial charge on any atom is 0.253 e. The summed E-state index contributed by atoms with van der Waals surface area (Å²) in [5.41, 5.74) is 0.969. The highest BCUT2D eigenvalue weighted by Crippen LogP contribution is 2.22. The Kier molecular flexibility index (Phi) is 6.54. The van der Waals surface area contributed by atoms with Crippen molar-refractivity contribution in [2.24, 2.45) is 0 Å². The largest absolute Gasteiger partial charge is 0.343 e. The molecular weight excluding hydrogens is 401 g/mol. The number of rotatable bonds is 4. The van der Waals surface area contributed by atoms with E-state index >= 15 is 0 Å². The lowest BCUT2D eigenvalue weighted by Crippen LogP contribution is -2.52. The van der Waals surface area contributed by atoms with Crippen LogP contribution < -0.4 is 5.32 Å². The van der Waals surface area contributed by atoms with E-state index in [0.29, 0.717) is 42.3 Å². The molecule has 3 rings (SSSR count). The minimum Gasteiger partial charge on any atom is -0.343 e. The number of amides is 3. The SMILES string of the molecule is O=C(NCC(=O)N1CCN(C(=O)c2ccccc2)CC1)c1ccc(Cl)c(Cl)c1. The average Bonchev–Trinajstić information content (AvgIpc) is 2.74. The van der Waals surface area contributed by atoms with Crippen molar-refractivity contribution in [3.8, 4) is 0 Å². The van der Waals surface area contributed by atoms with Gasteiger partial charge in [-0.15, -0.1) is 0 Å². The van der Waals surface area contributed by atoms with Crippen molar-refractivity contribution in [2.45, 2.75) is 0 Å². The Balaban J connectivity index is 1.48. The Labute approximate surface area is 173 Å². The fourth-order valence-corrected chi connectivity index (χ4v) is 3.23. The number of halogens is 2. The van der Waals surface area contributed by atoms with Gasteiger partial charge in [0.15, 0.2) is 0 Å². The molecule has 146 valence electrons. The van der Waals surface area contributed by atoms with Crippen molar-refractivity contribution >= 4 is 40.9 Å². The van der Waals surface area contributed by atoms with Crippen LogP contribution in [0.25, 0.3) is 0 Å². The zero-order valence-corrected chi connectivity index (χ0v) is 16.5. The first-order chi connectivity index (χ1) is 13.5. The highest BCUT2D eigenvalue weighted by atomic mass is 35.5. The zero-order valence-electron chi connectivity index (χ0n) is 15.0. The Morgan fingerprint density at radius 1 is 0.821 bits per heavy atom. The van der Waals surface area contributed by atoms with Crippen molar-refractivity contribution in [2.75, 3.05) is 32.7 Å². The Morgan fingerprint density at radius 3 is 2.11 bits per heavy atom. The van der Waals surface area contributed by atoms with Crippen LogP contribution in [0.1, 0.15) is 20.7 Å². The summed E-state index contributed by atoms with van der Waals surface area (Å²) < 4.78 is 0. The van der Waals surface area contributed by atoms with Crippen LogP contribution in [0.5, 0.6) is 0 Å². The quantitative estimate of drug-likeness (QED) is 0.827. The lowest BCUT2D eigenvalue weighted by molar-refractivity contribution is -0.131. The molecule has 0 saturated carbocycles. The molecule has 3 amide bonds. The average molecular weight is 420 g/mol. The number of piperazine rings is 1. The summed E-state index contributed by atoms with van der Waals surface area (Å²) in [6, 6.07) is 13.6. The van der Waals surface area contributed by atoms with Crippen molar-refractivity contribution in [3.05, 3.63) is 69.7 Å². The number of carbonyl (C=O) groups excluding carboxylic acids is 3. The first-order valence-electron chi connectivity index (χ1n) is 8.81. The Morgan fingerprint density at radius 2 is 1.46 bits per heavy atom. The third-order valence-corrected chi connectivity index (χ3v) is 5.26. The van der Waals surface area contributed by atoms with Crippen LogP contribution in [0.3, 0.4) is 0 Å². The summed E-state index contributed by atoms with van der Waals surface area (Å²) in [4.78, 5) is 40.3.